The van der Waals surface area contributed by atoms with E-state index >= 15 is 0 Å². The minimum absolute atomic E-state index is 0.114. The lowest BCUT2D eigenvalue weighted by molar-refractivity contribution is 0.414. The maximum atomic E-state index is 13.7. The summed E-state index contributed by atoms with van der Waals surface area (Å²) < 4.78 is 26.0. The molecule has 1 heterocycles. The third-order valence-electron chi connectivity index (χ3n) is 3.30. The molecule has 0 saturated carbocycles. The molecule has 118 valence electrons. The maximum absolute atomic E-state index is 13.7. The molecule has 0 fully saturated rings. The van der Waals surface area contributed by atoms with Crippen molar-refractivity contribution in [2.75, 3.05) is 12.8 Å². The highest BCUT2D eigenvalue weighted by Crippen LogP contribution is 2.25. The summed E-state index contributed by atoms with van der Waals surface area (Å²) in [6, 6.07) is 12.0. The number of hydrogen-bond acceptors (Lipinski definition) is 4. The molecule has 0 amide bonds. The van der Waals surface area contributed by atoms with Gasteiger partial charge in [0, 0.05) is 11.8 Å². The largest absolute Gasteiger partial charge is 0.497 e. The van der Waals surface area contributed by atoms with Crippen LogP contribution in [0.25, 0.3) is 0 Å². The number of nitrogens with zero attached hydrogens (tertiary/aromatic N) is 2. The van der Waals surface area contributed by atoms with Gasteiger partial charge in [-0.15, -0.1) is 0 Å². The average molecular weight is 313 g/mol. The Morgan fingerprint density at radius 1 is 1.13 bits per heavy atom. The van der Waals surface area contributed by atoms with Crippen molar-refractivity contribution >= 4 is 5.69 Å². The predicted octanol–water partition coefficient (Wildman–Crippen LogP) is 3.45. The van der Waals surface area contributed by atoms with E-state index in [2.05, 4.69) is 5.10 Å². The highest BCUT2D eigenvalue weighted by molar-refractivity contribution is 5.44. The number of hydrogen-bond donors (Lipinski definition) is 1. The topological polar surface area (TPSA) is 62.3 Å². The van der Waals surface area contributed by atoms with Gasteiger partial charge in [-0.3, -0.25) is 4.68 Å². The van der Waals surface area contributed by atoms with Gasteiger partial charge in [-0.2, -0.15) is 5.10 Å². The number of ether oxygens (including phenoxy) is 2. The van der Waals surface area contributed by atoms with Gasteiger partial charge in [0.2, 0.25) is 0 Å². The molecule has 3 aromatic rings. The van der Waals surface area contributed by atoms with Crippen LogP contribution in [-0.4, -0.2) is 16.9 Å². The number of nitrogens with two attached hydrogens (primary N) is 1. The summed E-state index contributed by atoms with van der Waals surface area (Å²) in [6.45, 7) is 0.581. The van der Waals surface area contributed by atoms with Crippen LogP contribution in [0.1, 0.15) is 5.56 Å². The summed E-state index contributed by atoms with van der Waals surface area (Å²) in [5.41, 5.74) is 6.93. The van der Waals surface area contributed by atoms with E-state index in [9.17, 15) is 4.39 Å². The van der Waals surface area contributed by atoms with Crippen molar-refractivity contribution in [1.29, 1.82) is 0 Å². The van der Waals surface area contributed by atoms with Gasteiger partial charge < -0.3 is 15.2 Å². The van der Waals surface area contributed by atoms with E-state index in [0.29, 0.717) is 18.0 Å². The number of halogens is 1. The molecule has 2 aromatic carbocycles. The molecule has 1 aromatic heterocycles. The van der Waals surface area contributed by atoms with Crippen molar-refractivity contribution in [2.24, 2.45) is 0 Å². The van der Waals surface area contributed by atoms with Gasteiger partial charge in [-0.25, -0.2) is 4.39 Å². The van der Waals surface area contributed by atoms with Gasteiger partial charge in [0.1, 0.15) is 5.75 Å². The molecule has 0 aliphatic carbocycles. The highest BCUT2D eigenvalue weighted by Gasteiger charge is 2.07. The quantitative estimate of drug-likeness (QED) is 0.733. The third-order valence-corrected chi connectivity index (χ3v) is 3.30. The second-order valence-corrected chi connectivity index (χ2v) is 5.01. The molecule has 6 heteroatoms. The normalized spacial score (nSPS) is 10.5. The van der Waals surface area contributed by atoms with E-state index in [1.807, 2.05) is 24.3 Å². The summed E-state index contributed by atoms with van der Waals surface area (Å²) in [4.78, 5) is 0. The first-order valence-corrected chi connectivity index (χ1v) is 7.02. The van der Waals surface area contributed by atoms with E-state index in [1.165, 1.54) is 12.1 Å². The van der Waals surface area contributed by atoms with Crippen molar-refractivity contribution in [2.45, 2.75) is 6.54 Å². The van der Waals surface area contributed by atoms with Crippen molar-refractivity contribution in [3.05, 3.63) is 66.2 Å². The lowest BCUT2D eigenvalue weighted by atomic mass is 10.2. The molecule has 0 aliphatic heterocycles. The number of benzene rings is 2. The average Bonchev–Trinajstić information content (AvgIpc) is 2.98. The maximum Gasteiger partial charge on any atom is 0.167 e. The predicted molar refractivity (Wildman–Crippen MR) is 85.2 cm³/mol. The van der Waals surface area contributed by atoms with Crippen LogP contribution in [-0.2, 0) is 6.54 Å². The number of nitrogen functional groups attached to an aromatic ring is 1. The summed E-state index contributed by atoms with van der Waals surface area (Å²) >= 11 is 0. The number of anilines is 1. The van der Waals surface area contributed by atoms with Crippen LogP contribution in [0.2, 0.25) is 0 Å². The smallest absolute Gasteiger partial charge is 0.167 e. The number of aromatic nitrogens is 2. The molecule has 0 bridgehead atoms. The summed E-state index contributed by atoms with van der Waals surface area (Å²) in [5, 5.41) is 4.21. The van der Waals surface area contributed by atoms with Crippen LogP contribution in [0.5, 0.6) is 17.2 Å². The Morgan fingerprint density at radius 3 is 2.61 bits per heavy atom. The van der Waals surface area contributed by atoms with Crippen LogP contribution in [0.15, 0.2) is 54.9 Å². The van der Waals surface area contributed by atoms with Gasteiger partial charge >= 0.3 is 0 Å². The fraction of sp³-hybridized carbons (Fsp3) is 0.118. The van der Waals surface area contributed by atoms with Gasteiger partial charge in [-0.1, -0.05) is 12.1 Å². The van der Waals surface area contributed by atoms with Gasteiger partial charge in [0.05, 0.1) is 26.0 Å². The Bertz CT molecular complexity index is 800. The zero-order valence-electron chi connectivity index (χ0n) is 12.6. The van der Waals surface area contributed by atoms with E-state index in [1.54, 1.807) is 30.3 Å². The molecule has 0 aliphatic rings. The fourth-order valence-electron chi connectivity index (χ4n) is 2.13. The van der Waals surface area contributed by atoms with E-state index in [4.69, 9.17) is 15.2 Å². The molecule has 23 heavy (non-hydrogen) atoms. The number of rotatable bonds is 5. The molecule has 0 spiro atoms. The molecule has 0 saturated heterocycles. The summed E-state index contributed by atoms with van der Waals surface area (Å²) in [6.07, 6.45) is 3.25. The Kier molecular flexibility index (Phi) is 4.14. The molecular formula is C17H16FN3O2. The van der Waals surface area contributed by atoms with Crippen LogP contribution < -0.4 is 15.2 Å². The van der Waals surface area contributed by atoms with Crippen LogP contribution in [0.3, 0.4) is 0 Å². The van der Waals surface area contributed by atoms with Gasteiger partial charge in [0.25, 0.3) is 0 Å². The molecule has 5 nitrogen and oxygen atoms in total. The van der Waals surface area contributed by atoms with Gasteiger partial charge in [0.15, 0.2) is 17.3 Å². The fourth-order valence-corrected chi connectivity index (χ4v) is 2.13. The summed E-state index contributed by atoms with van der Waals surface area (Å²) in [5.74, 6) is 0.871. The monoisotopic (exact) mass is 313 g/mol. The second kappa shape index (κ2) is 6.39. The van der Waals surface area contributed by atoms with Crippen molar-refractivity contribution < 1.29 is 13.9 Å². The minimum atomic E-state index is -0.507. The van der Waals surface area contributed by atoms with Gasteiger partial charge in [-0.05, 0) is 29.8 Å². The first kappa shape index (κ1) is 14.9. The Balaban J connectivity index is 1.69. The van der Waals surface area contributed by atoms with Crippen molar-refractivity contribution in [3.8, 4) is 17.2 Å². The standard InChI is InChI=1S/C17H16FN3O2/c1-22-14-5-2-12(3-6-14)10-21-11-15(9-20-21)23-17-7-4-13(19)8-16(17)18/h2-9,11H,10,19H2,1H3. The molecule has 0 radical (unpaired) electrons. The minimum Gasteiger partial charge on any atom is -0.497 e. The van der Waals surface area contributed by atoms with E-state index < -0.39 is 5.82 Å². The van der Waals surface area contributed by atoms with Crippen molar-refractivity contribution in [3.63, 3.8) is 0 Å². The van der Waals surface area contributed by atoms with E-state index in [0.717, 1.165) is 11.3 Å². The second-order valence-electron chi connectivity index (χ2n) is 5.01. The molecule has 2 N–H and O–H groups in total. The van der Waals surface area contributed by atoms with E-state index in [-0.39, 0.29) is 5.75 Å². The van der Waals surface area contributed by atoms with Crippen LogP contribution in [0, 0.1) is 5.82 Å². The lowest BCUT2D eigenvalue weighted by Crippen LogP contribution is -1.99. The highest BCUT2D eigenvalue weighted by atomic mass is 19.1. The van der Waals surface area contributed by atoms with Crippen molar-refractivity contribution in [1.82, 2.24) is 9.78 Å². The number of methoxy groups -OCH3 is 1. The molecule has 0 atom stereocenters. The zero-order chi connectivity index (χ0) is 16.2. The molecule has 3 rings (SSSR count). The third kappa shape index (κ3) is 3.60. The first-order chi connectivity index (χ1) is 11.1. The zero-order valence-corrected chi connectivity index (χ0v) is 12.6. The first-order valence-electron chi connectivity index (χ1n) is 7.02. The lowest BCUT2D eigenvalue weighted by Gasteiger charge is -2.05. The summed E-state index contributed by atoms with van der Waals surface area (Å²) in [7, 11) is 1.63. The van der Waals surface area contributed by atoms with Crippen LogP contribution >= 0.6 is 0 Å². The molecule has 0 unspecified atom stereocenters. The Labute approximate surface area is 133 Å². The van der Waals surface area contributed by atoms with Crippen LogP contribution in [0.4, 0.5) is 10.1 Å². The Morgan fingerprint density at radius 2 is 1.91 bits per heavy atom. The Hall–Kier alpha value is -3.02. The molecular weight excluding hydrogens is 297 g/mol. The SMILES string of the molecule is COc1ccc(Cn2cc(Oc3ccc(N)cc3F)cn2)cc1.